The van der Waals surface area contributed by atoms with Gasteiger partial charge in [-0.3, -0.25) is 4.90 Å². The highest BCUT2D eigenvalue weighted by Crippen LogP contribution is 2.17. The van der Waals surface area contributed by atoms with Crippen molar-refractivity contribution in [2.45, 2.75) is 6.54 Å². The molecule has 2 rings (SSSR count). The van der Waals surface area contributed by atoms with Gasteiger partial charge in [0.2, 0.25) is 5.88 Å². The van der Waals surface area contributed by atoms with Gasteiger partial charge in [0.15, 0.2) is 5.82 Å². The van der Waals surface area contributed by atoms with Gasteiger partial charge in [-0.15, -0.1) is 0 Å². The number of hydrogen-bond donors (Lipinski definition) is 0. The maximum atomic E-state index is 13.5. The van der Waals surface area contributed by atoms with E-state index in [2.05, 4.69) is 20.4 Å². The predicted molar refractivity (Wildman–Crippen MR) is 71.1 cm³/mol. The lowest BCUT2D eigenvalue weighted by Crippen LogP contribution is -2.42. The Labute approximate surface area is 111 Å². The van der Waals surface area contributed by atoms with Crippen molar-refractivity contribution < 1.29 is 9.13 Å². The summed E-state index contributed by atoms with van der Waals surface area (Å²) in [6, 6.07) is 1.51. The molecule has 0 spiro atoms. The topological polar surface area (TPSA) is 28.6 Å². The van der Waals surface area contributed by atoms with Crippen LogP contribution in [0.5, 0.6) is 5.88 Å². The van der Waals surface area contributed by atoms with E-state index in [0.29, 0.717) is 0 Å². The number of ether oxygens (including phenoxy) is 1. The molecular weight excluding hydrogens is 253 g/mol. The van der Waals surface area contributed by atoms with Crippen LogP contribution in [0.3, 0.4) is 0 Å². The zero-order valence-corrected chi connectivity index (χ0v) is 11.5. The van der Waals surface area contributed by atoms with Gasteiger partial charge in [0.1, 0.15) is 0 Å². The lowest BCUT2D eigenvalue weighted by molar-refractivity contribution is 0.189. The number of rotatable bonds is 4. The Kier molecular flexibility index (Phi) is 4.79. The molecule has 2 heterocycles. The van der Waals surface area contributed by atoms with Gasteiger partial charge in [-0.25, -0.2) is 13.7 Å². The first-order chi connectivity index (χ1) is 8.72. The molecule has 0 radical (unpaired) electrons. The lowest BCUT2D eigenvalue weighted by Gasteiger charge is -2.33. The van der Waals surface area contributed by atoms with E-state index in [0.717, 1.165) is 38.3 Å². The van der Waals surface area contributed by atoms with E-state index < -0.39 is 5.82 Å². The molecule has 1 saturated heterocycles. The molecule has 0 amide bonds. The number of halogens is 1. The van der Waals surface area contributed by atoms with Gasteiger partial charge in [-0.05, 0) is 17.9 Å². The van der Waals surface area contributed by atoms with Gasteiger partial charge < -0.3 is 4.74 Å². The molecule has 0 unspecified atom stereocenters. The minimum Gasteiger partial charge on any atom is -0.479 e. The molecule has 0 N–H and O–H groups in total. The number of methoxy groups -OCH3 is 1. The Morgan fingerprint density at radius 1 is 1.39 bits per heavy atom. The third-order valence-corrected chi connectivity index (χ3v) is 3.93. The minimum absolute atomic E-state index is 0.0611. The van der Waals surface area contributed by atoms with Crippen LogP contribution >= 0.6 is 11.9 Å². The van der Waals surface area contributed by atoms with Crippen molar-refractivity contribution in [3.05, 3.63) is 23.6 Å². The smallest absolute Gasteiger partial charge is 0.250 e. The van der Waals surface area contributed by atoms with Crippen molar-refractivity contribution in [1.82, 2.24) is 14.2 Å². The average Bonchev–Trinajstić information content (AvgIpc) is 2.40. The van der Waals surface area contributed by atoms with Gasteiger partial charge >= 0.3 is 0 Å². The summed E-state index contributed by atoms with van der Waals surface area (Å²) in [7, 11) is 1.42. The van der Waals surface area contributed by atoms with Crippen molar-refractivity contribution >= 4 is 11.9 Å². The van der Waals surface area contributed by atoms with Crippen LogP contribution in [0.1, 0.15) is 5.56 Å². The van der Waals surface area contributed by atoms with Gasteiger partial charge in [0.25, 0.3) is 0 Å². The standard InChI is InChI=1S/C12H18FN3OS/c1-17-12-11(13)7-10(8-14-12)9-15-3-5-16(18-2)6-4-15/h7-8H,3-6,9H2,1-2H3. The maximum absolute atomic E-state index is 13.5. The first-order valence-electron chi connectivity index (χ1n) is 5.92. The largest absolute Gasteiger partial charge is 0.479 e. The van der Waals surface area contributed by atoms with Crippen LogP contribution in [0.25, 0.3) is 0 Å². The average molecular weight is 271 g/mol. The monoisotopic (exact) mass is 271 g/mol. The Morgan fingerprint density at radius 3 is 2.67 bits per heavy atom. The summed E-state index contributed by atoms with van der Waals surface area (Å²) in [5, 5.41) is 0. The molecule has 1 fully saturated rings. The molecule has 1 aromatic rings. The molecule has 6 heteroatoms. The second-order valence-electron chi connectivity index (χ2n) is 4.22. The minimum atomic E-state index is -0.391. The van der Waals surface area contributed by atoms with E-state index >= 15 is 0 Å². The fraction of sp³-hybridized carbons (Fsp3) is 0.583. The van der Waals surface area contributed by atoms with Gasteiger partial charge in [-0.1, -0.05) is 11.9 Å². The first-order valence-corrected chi connectivity index (χ1v) is 7.11. The number of piperazine rings is 1. The Bertz CT molecular complexity index is 397. The Balaban J connectivity index is 1.92. The predicted octanol–water partition coefficient (Wildman–Crippen LogP) is 1.62. The molecule has 0 saturated carbocycles. The summed E-state index contributed by atoms with van der Waals surface area (Å²) in [5.41, 5.74) is 0.894. The summed E-state index contributed by atoms with van der Waals surface area (Å²) in [4.78, 5) is 6.27. The Morgan fingerprint density at radius 2 is 2.11 bits per heavy atom. The highest BCUT2D eigenvalue weighted by atomic mass is 32.2. The molecule has 0 aliphatic carbocycles. The number of aromatic nitrogens is 1. The second kappa shape index (κ2) is 6.36. The molecular formula is C12H18FN3OS. The Hall–Kier alpha value is -0.850. The van der Waals surface area contributed by atoms with E-state index in [9.17, 15) is 4.39 Å². The fourth-order valence-electron chi connectivity index (χ4n) is 2.03. The van der Waals surface area contributed by atoms with Crippen LogP contribution < -0.4 is 4.74 Å². The van der Waals surface area contributed by atoms with Crippen LogP contribution in [0.4, 0.5) is 4.39 Å². The van der Waals surface area contributed by atoms with Crippen LogP contribution in [0.15, 0.2) is 12.3 Å². The van der Waals surface area contributed by atoms with Crippen LogP contribution in [-0.2, 0) is 6.54 Å². The van der Waals surface area contributed by atoms with Crippen LogP contribution in [-0.4, -0.2) is 53.7 Å². The normalized spacial score (nSPS) is 17.9. The summed E-state index contributed by atoms with van der Waals surface area (Å²) < 4.78 is 20.6. The van der Waals surface area contributed by atoms with Crippen molar-refractivity contribution in [2.24, 2.45) is 0 Å². The van der Waals surface area contributed by atoms with E-state index in [1.807, 2.05) is 0 Å². The SMILES string of the molecule is COc1ncc(CN2CCN(SC)CC2)cc1F. The second-order valence-corrected chi connectivity index (χ2v) is 5.10. The van der Waals surface area contributed by atoms with Gasteiger partial charge in [-0.2, -0.15) is 0 Å². The van der Waals surface area contributed by atoms with E-state index in [4.69, 9.17) is 4.74 Å². The van der Waals surface area contributed by atoms with Crippen molar-refractivity contribution in [1.29, 1.82) is 0 Å². The van der Waals surface area contributed by atoms with Crippen molar-refractivity contribution in [3.63, 3.8) is 0 Å². The molecule has 4 nitrogen and oxygen atoms in total. The van der Waals surface area contributed by atoms with Gasteiger partial charge in [0, 0.05) is 38.9 Å². The third-order valence-electron chi connectivity index (χ3n) is 3.05. The molecule has 1 aromatic heterocycles. The first kappa shape index (κ1) is 13.6. The quantitative estimate of drug-likeness (QED) is 0.776. The zero-order chi connectivity index (χ0) is 13.0. The highest BCUT2D eigenvalue weighted by Gasteiger charge is 2.16. The van der Waals surface area contributed by atoms with Crippen LogP contribution in [0, 0.1) is 5.82 Å². The number of hydrogen-bond acceptors (Lipinski definition) is 5. The summed E-state index contributed by atoms with van der Waals surface area (Å²) in [6.07, 6.45) is 3.78. The number of pyridine rings is 1. The third kappa shape index (κ3) is 3.34. The maximum Gasteiger partial charge on any atom is 0.250 e. The fourth-order valence-corrected chi connectivity index (χ4v) is 2.56. The molecule has 0 bridgehead atoms. The summed E-state index contributed by atoms with van der Waals surface area (Å²) in [5.74, 6) is -0.330. The summed E-state index contributed by atoms with van der Waals surface area (Å²) >= 11 is 1.78. The van der Waals surface area contributed by atoms with Gasteiger partial charge in [0.05, 0.1) is 7.11 Å². The van der Waals surface area contributed by atoms with Crippen LogP contribution in [0.2, 0.25) is 0 Å². The van der Waals surface area contributed by atoms with E-state index in [1.165, 1.54) is 13.2 Å². The molecule has 1 aliphatic rings. The van der Waals surface area contributed by atoms with E-state index in [-0.39, 0.29) is 5.88 Å². The lowest BCUT2D eigenvalue weighted by atomic mass is 10.2. The molecule has 18 heavy (non-hydrogen) atoms. The molecule has 0 atom stereocenters. The molecule has 1 aliphatic heterocycles. The molecule has 100 valence electrons. The van der Waals surface area contributed by atoms with Crippen molar-refractivity contribution in [2.75, 3.05) is 39.5 Å². The summed E-state index contributed by atoms with van der Waals surface area (Å²) in [6.45, 7) is 4.86. The zero-order valence-electron chi connectivity index (χ0n) is 10.7. The van der Waals surface area contributed by atoms with E-state index in [1.54, 1.807) is 18.1 Å². The van der Waals surface area contributed by atoms with Crippen molar-refractivity contribution in [3.8, 4) is 5.88 Å². The number of nitrogens with zero attached hydrogens (tertiary/aromatic N) is 3. The highest BCUT2D eigenvalue weighted by molar-refractivity contribution is 7.96. The molecule has 0 aromatic carbocycles.